The number of aliphatic hydroxyl groups is 1. The van der Waals surface area contributed by atoms with Crippen LogP contribution in [0.25, 0.3) is 0 Å². The molecule has 1 atom stereocenters. The van der Waals surface area contributed by atoms with E-state index in [1.165, 1.54) is 0 Å². The zero-order valence-corrected chi connectivity index (χ0v) is 10.6. The van der Waals surface area contributed by atoms with E-state index >= 15 is 0 Å². The van der Waals surface area contributed by atoms with Crippen LogP contribution in [0.4, 0.5) is 0 Å². The average Bonchev–Trinajstić information content (AvgIpc) is 2.86. The number of hydrogen-bond acceptors (Lipinski definition) is 3. The Hall–Kier alpha value is -1.55. The molecule has 1 heterocycles. The lowest BCUT2D eigenvalue weighted by Gasteiger charge is -2.17. The molecular formula is C14H19NO3. The number of aryl methyl sites for hydroxylation is 1. The predicted molar refractivity (Wildman–Crippen MR) is 68.4 cm³/mol. The molecule has 1 aliphatic rings. The fourth-order valence-electron chi connectivity index (χ4n) is 2.16. The third kappa shape index (κ3) is 3.01. The van der Waals surface area contributed by atoms with Crippen molar-refractivity contribution in [3.05, 3.63) is 29.8 Å². The van der Waals surface area contributed by atoms with Crippen molar-refractivity contribution in [2.24, 2.45) is 5.92 Å². The summed E-state index contributed by atoms with van der Waals surface area (Å²) >= 11 is 0. The third-order valence-corrected chi connectivity index (χ3v) is 3.34. The number of benzene rings is 1. The molecule has 1 N–H and O–H groups in total. The number of aliphatic hydroxyl groups excluding tert-OH is 1. The molecule has 4 heteroatoms. The lowest BCUT2D eigenvalue weighted by molar-refractivity contribution is -0.132. The van der Waals surface area contributed by atoms with Crippen LogP contribution in [0.5, 0.6) is 5.75 Å². The van der Waals surface area contributed by atoms with Gasteiger partial charge in [-0.2, -0.15) is 0 Å². The van der Waals surface area contributed by atoms with Gasteiger partial charge in [-0.25, -0.2) is 0 Å². The van der Waals surface area contributed by atoms with Gasteiger partial charge in [-0.05, 0) is 25.0 Å². The third-order valence-electron chi connectivity index (χ3n) is 3.34. The summed E-state index contributed by atoms with van der Waals surface area (Å²) in [6, 6.07) is 7.65. The Morgan fingerprint density at radius 2 is 2.28 bits per heavy atom. The smallest absolute Gasteiger partial charge is 0.260 e. The number of para-hydroxylation sites is 1. The second kappa shape index (κ2) is 5.87. The van der Waals surface area contributed by atoms with Crippen LogP contribution < -0.4 is 4.74 Å². The van der Waals surface area contributed by atoms with Gasteiger partial charge in [-0.1, -0.05) is 18.2 Å². The second-order valence-electron chi connectivity index (χ2n) is 4.73. The molecule has 1 aromatic rings. The van der Waals surface area contributed by atoms with Gasteiger partial charge < -0.3 is 14.7 Å². The lowest BCUT2D eigenvalue weighted by Crippen LogP contribution is -2.33. The van der Waals surface area contributed by atoms with E-state index in [9.17, 15) is 4.79 Å². The Morgan fingerprint density at radius 1 is 1.50 bits per heavy atom. The van der Waals surface area contributed by atoms with Gasteiger partial charge in [0.05, 0.1) is 0 Å². The van der Waals surface area contributed by atoms with E-state index in [4.69, 9.17) is 9.84 Å². The number of ether oxygens (including phenoxy) is 1. The number of carbonyl (C=O) groups excluding carboxylic acids is 1. The lowest BCUT2D eigenvalue weighted by atomic mass is 10.1. The van der Waals surface area contributed by atoms with Gasteiger partial charge in [0.2, 0.25) is 0 Å². The molecular weight excluding hydrogens is 230 g/mol. The van der Waals surface area contributed by atoms with Crippen molar-refractivity contribution in [2.75, 3.05) is 26.3 Å². The molecule has 18 heavy (non-hydrogen) atoms. The molecule has 0 spiro atoms. The molecule has 1 amide bonds. The summed E-state index contributed by atoms with van der Waals surface area (Å²) in [7, 11) is 0. The van der Waals surface area contributed by atoms with E-state index in [-0.39, 0.29) is 25.0 Å². The monoisotopic (exact) mass is 249 g/mol. The summed E-state index contributed by atoms with van der Waals surface area (Å²) < 4.78 is 5.53. The Balaban J connectivity index is 1.84. The van der Waals surface area contributed by atoms with Gasteiger partial charge in [0.25, 0.3) is 5.91 Å². The maximum Gasteiger partial charge on any atom is 0.260 e. The minimum absolute atomic E-state index is 0.00537. The maximum atomic E-state index is 11.9. The Bertz CT molecular complexity index is 419. The van der Waals surface area contributed by atoms with E-state index in [1.807, 2.05) is 31.2 Å². The summed E-state index contributed by atoms with van der Waals surface area (Å²) in [6.07, 6.45) is 0.882. The predicted octanol–water partition coefficient (Wildman–Crippen LogP) is 1.21. The zero-order chi connectivity index (χ0) is 13.0. The van der Waals surface area contributed by atoms with Crippen molar-refractivity contribution in [1.82, 2.24) is 4.90 Å². The maximum absolute atomic E-state index is 11.9. The fourth-order valence-corrected chi connectivity index (χ4v) is 2.16. The normalized spacial score (nSPS) is 19.0. The highest BCUT2D eigenvalue weighted by Gasteiger charge is 2.25. The Kier molecular flexibility index (Phi) is 4.20. The first-order valence-corrected chi connectivity index (χ1v) is 6.27. The SMILES string of the molecule is Cc1ccccc1OCC(=O)N1CCC(CO)C1. The minimum Gasteiger partial charge on any atom is -0.484 e. The number of carbonyl (C=O) groups is 1. The van der Waals surface area contributed by atoms with Crippen molar-refractivity contribution in [1.29, 1.82) is 0 Å². The number of hydrogen-bond donors (Lipinski definition) is 1. The first kappa shape index (κ1) is 12.9. The van der Waals surface area contributed by atoms with Crippen molar-refractivity contribution in [2.45, 2.75) is 13.3 Å². The van der Waals surface area contributed by atoms with Crippen LogP contribution in [-0.2, 0) is 4.79 Å². The Morgan fingerprint density at radius 3 is 2.94 bits per heavy atom. The molecule has 1 unspecified atom stereocenters. The van der Waals surface area contributed by atoms with Crippen LogP contribution in [-0.4, -0.2) is 42.2 Å². The highest BCUT2D eigenvalue weighted by molar-refractivity contribution is 5.78. The van der Waals surface area contributed by atoms with E-state index in [0.29, 0.717) is 6.54 Å². The molecule has 4 nitrogen and oxygen atoms in total. The van der Waals surface area contributed by atoms with Gasteiger partial charge >= 0.3 is 0 Å². The summed E-state index contributed by atoms with van der Waals surface area (Å²) in [5.41, 5.74) is 1.03. The fraction of sp³-hybridized carbons (Fsp3) is 0.500. The summed E-state index contributed by atoms with van der Waals surface area (Å²) in [5.74, 6) is 0.977. The van der Waals surface area contributed by atoms with Gasteiger partial charge in [0.15, 0.2) is 6.61 Å². The molecule has 2 rings (SSSR count). The molecule has 1 fully saturated rings. The minimum atomic E-state index is -0.00537. The number of nitrogens with zero attached hydrogens (tertiary/aromatic N) is 1. The number of rotatable bonds is 4. The van der Waals surface area contributed by atoms with Crippen molar-refractivity contribution in [3.63, 3.8) is 0 Å². The van der Waals surface area contributed by atoms with Gasteiger partial charge in [0.1, 0.15) is 5.75 Å². The first-order valence-electron chi connectivity index (χ1n) is 6.27. The molecule has 98 valence electrons. The molecule has 0 radical (unpaired) electrons. The van der Waals surface area contributed by atoms with Crippen LogP contribution in [0.2, 0.25) is 0 Å². The van der Waals surface area contributed by atoms with E-state index < -0.39 is 0 Å². The molecule has 0 bridgehead atoms. The van der Waals surface area contributed by atoms with Gasteiger partial charge in [0, 0.05) is 25.6 Å². The molecule has 1 aromatic carbocycles. The highest BCUT2D eigenvalue weighted by Crippen LogP contribution is 2.18. The van der Waals surface area contributed by atoms with E-state index in [1.54, 1.807) is 4.90 Å². The molecule has 0 aliphatic carbocycles. The second-order valence-corrected chi connectivity index (χ2v) is 4.73. The number of likely N-dealkylation sites (tertiary alicyclic amines) is 1. The standard InChI is InChI=1S/C14H19NO3/c1-11-4-2-3-5-13(11)18-10-14(17)15-7-6-12(8-15)9-16/h2-5,12,16H,6-10H2,1H3. The van der Waals surface area contributed by atoms with E-state index in [0.717, 1.165) is 24.3 Å². The van der Waals surface area contributed by atoms with Crippen molar-refractivity contribution in [3.8, 4) is 5.75 Å². The number of amides is 1. The topological polar surface area (TPSA) is 49.8 Å². The largest absolute Gasteiger partial charge is 0.484 e. The van der Waals surface area contributed by atoms with Gasteiger partial charge in [-0.3, -0.25) is 4.79 Å². The zero-order valence-electron chi connectivity index (χ0n) is 10.6. The molecule has 0 aromatic heterocycles. The first-order chi connectivity index (χ1) is 8.70. The molecule has 1 aliphatic heterocycles. The van der Waals surface area contributed by atoms with Crippen LogP contribution in [0.1, 0.15) is 12.0 Å². The highest BCUT2D eigenvalue weighted by atomic mass is 16.5. The van der Waals surface area contributed by atoms with Crippen LogP contribution >= 0.6 is 0 Å². The van der Waals surface area contributed by atoms with Gasteiger partial charge in [-0.15, -0.1) is 0 Å². The summed E-state index contributed by atoms with van der Waals surface area (Å²) in [6.45, 7) is 3.55. The molecule has 1 saturated heterocycles. The van der Waals surface area contributed by atoms with Crippen molar-refractivity contribution >= 4 is 5.91 Å². The van der Waals surface area contributed by atoms with Crippen molar-refractivity contribution < 1.29 is 14.6 Å². The van der Waals surface area contributed by atoms with E-state index in [2.05, 4.69) is 0 Å². The van der Waals surface area contributed by atoms with Crippen LogP contribution in [0.3, 0.4) is 0 Å². The summed E-state index contributed by atoms with van der Waals surface area (Å²) in [5, 5.41) is 9.04. The van der Waals surface area contributed by atoms with Crippen LogP contribution in [0, 0.1) is 12.8 Å². The average molecular weight is 249 g/mol. The Labute approximate surface area is 107 Å². The summed E-state index contributed by atoms with van der Waals surface area (Å²) in [4.78, 5) is 13.7. The molecule has 0 saturated carbocycles. The quantitative estimate of drug-likeness (QED) is 0.872. The van der Waals surface area contributed by atoms with Crippen LogP contribution in [0.15, 0.2) is 24.3 Å².